The molecule has 0 saturated heterocycles. The molecular weight excluding hydrogens is 204 g/mol. The number of carbonyl (C=O) groups is 1. The molecule has 4 nitrogen and oxygen atoms in total. The van der Waals surface area contributed by atoms with Gasteiger partial charge in [-0.05, 0) is 18.9 Å². The Bertz CT molecular complexity index is 458. The molecule has 1 heterocycles. The van der Waals surface area contributed by atoms with Crippen LogP contribution in [0.3, 0.4) is 0 Å². The van der Waals surface area contributed by atoms with Gasteiger partial charge in [0.05, 0.1) is 12.3 Å². The molecule has 1 aromatic heterocycles. The van der Waals surface area contributed by atoms with Crippen molar-refractivity contribution in [3.8, 4) is 0 Å². The van der Waals surface area contributed by atoms with Crippen molar-refractivity contribution >= 4 is 18.1 Å². The second-order valence-corrected chi connectivity index (χ2v) is 3.70. The second kappa shape index (κ2) is 4.35. The lowest BCUT2D eigenvalue weighted by Gasteiger charge is -1.99. The van der Waals surface area contributed by atoms with Crippen LogP contribution in [0.25, 0.3) is 12.2 Å². The summed E-state index contributed by atoms with van der Waals surface area (Å²) in [5, 5.41) is 6.82. The average Bonchev–Trinajstić information content (AvgIpc) is 2.58. The Morgan fingerprint density at radius 1 is 1.50 bits per heavy atom. The van der Waals surface area contributed by atoms with Gasteiger partial charge in [-0.1, -0.05) is 25.2 Å². The number of rotatable bonds is 2. The van der Waals surface area contributed by atoms with Crippen molar-refractivity contribution in [3.63, 3.8) is 0 Å². The first-order chi connectivity index (χ1) is 7.72. The molecule has 1 aromatic rings. The Labute approximate surface area is 94.0 Å². The highest BCUT2D eigenvalue weighted by molar-refractivity contribution is 5.93. The summed E-state index contributed by atoms with van der Waals surface area (Å²) in [6, 6.07) is 0. The number of esters is 1. The van der Waals surface area contributed by atoms with Crippen LogP contribution in [0.15, 0.2) is 12.2 Å². The van der Waals surface area contributed by atoms with Gasteiger partial charge in [0.15, 0.2) is 5.69 Å². The van der Waals surface area contributed by atoms with E-state index in [9.17, 15) is 4.79 Å². The van der Waals surface area contributed by atoms with E-state index in [0.717, 1.165) is 11.3 Å². The number of hydrogen-bond acceptors (Lipinski definition) is 3. The lowest BCUT2D eigenvalue weighted by molar-refractivity contribution is 0.0519. The molecule has 0 saturated carbocycles. The predicted molar refractivity (Wildman–Crippen MR) is 61.8 cm³/mol. The van der Waals surface area contributed by atoms with E-state index in [4.69, 9.17) is 4.74 Å². The highest BCUT2D eigenvalue weighted by Gasteiger charge is 2.18. The Morgan fingerprint density at radius 2 is 2.25 bits per heavy atom. The molecule has 16 heavy (non-hydrogen) atoms. The van der Waals surface area contributed by atoms with Crippen molar-refractivity contribution in [2.75, 3.05) is 6.61 Å². The molecule has 1 atom stereocenters. The van der Waals surface area contributed by atoms with Crippen LogP contribution in [0.1, 0.15) is 35.6 Å². The number of carbonyl (C=O) groups excluding carboxylic acids is 1. The molecule has 0 aliphatic heterocycles. The van der Waals surface area contributed by atoms with Crippen molar-refractivity contribution < 1.29 is 9.53 Å². The average molecular weight is 218 g/mol. The standard InChI is InChI=1S/C12H14N2O2/c1-3-16-12(15)11-9-6-4-8(2)5-7-10(9)13-14-11/h4-8H,3H2,1-2H3,(H,13,14). The summed E-state index contributed by atoms with van der Waals surface area (Å²) in [6.07, 6.45) is 7.93. The molecule has 0 bridgehead atoms. The minimum atomic E-state index is -0.382. The van der Waals surface area contributed by atoms with Crippen LogP contribution < -0.4 is 0 Å². The predicted octanol–water partition coefficient (Wildman–Crippen LogP) is 2.26. The number of allylic oxidation sites excluding steroid dienone is 2. The molecule has 4 heteroatoms. The zero-order valence-electron chi connectivity index (χ0n) is 9.36. The third kappa shape index (κ3) is 1.91. The van der Waals surface area contributed by atoms with Crippen LogP contribution in [-0.2, 0) is 4.74 Å². The Morgan fingerprint density at radius 3 is 3.00 bits per heavy atom. The van der Waals surface area contributed by atoms with Gasteiger partial charge in [-0.15, -0.1) is 0 Å². The van der Waals surface area contributed by atoms with Crippen molar-refractivity contribution in [1.29, 1.82) is 0 Å². The van der Waals surface area contributed by atoms with Crippen LogP contribution >= 0.6 is 0 Å². The van der Waals surface area contributed by atoms with Crippen LogP contribution in [0.2, 0.25) is 0 Å². The molecule has 2 rings (SSSR count). The minimum Gasteiger partial charge on any atom is -0.461 e. The molecule has 0 amide bonds. The zero-order chi connectivity index (χ0) is 11.5. The van der Waals surface area contributed by atoms with Crippen molar-refractivity contribution in [3.05, 3.63) is 29.1 Å². The van der Waals surface area contributed by atoms with Gasteiger partial charge < -0.3 is 4.74 Å². The summed E-state index contributed by atoms with van der Waals surface area (Å²) >= 11 is 0. The van der Waals surface area contributed by atoms with Gasteiger partial charge in [-0.2, -0.15) is 5.10 Å². The number of nitrogens with zero attached hydrogens (tertiary/aromatic N) is 1. The molecule has 0 radical (unpaired) electrons. The molecule has 0 spiro atoms. The van der Waals surface area contributed by atoms with E-state index >= 15 is 0 Å². The van der Waals surface area contributed by atoms with Crippen molar-refractivity contribution in [2.45, 2.75) is 13.8 Å². The number of nitrogens with one attached hydrogen (secondary N) is 1. The third-order valence-corrected chi connectivity index (χ3v) is 2.44. The number of ether oxygens (including phenoxy) is 1. The maximum atomic E-state index is 11.6. The van der Waals surface area contributed by atoms with Crippen molar-refractivity contribution in [2.24, 2.45) is 5.92 Å². The Hall–Kier alpha value is -1.84. The van der Waals surface area contributed by atoms with E-state index in [2.05, 4.69) is 23.2 Å². The topological polar surface area (TPSA) is 55.0 Å². The van der Waals surface area contributed by atoms with Gasteiger partial charge in [0, 0.05) is 5.56 Å². The molecule has 84 valence electrons. The molecule has 0 fully saturated rings. The fraction of sp³-hybridized carbons (Fsp3) is 0.333. The SMILES string of the molecule is CCOC(=O)c1n[nH]c2c1C=CC(C)C=C2. The third-order valence-electron chi connectivity index (χ3n) is 2.44. The largest absolute Gasteiger partial charge is 0.461 e. The van der Waals surface area contributed by atoms with E-state index in [1.165, 1.54) is 0 Å². The van der Waals surface area contributed by atoms with Gasteiger partial charge >= 0.3 is 5.97 Å². The Kier molecular flexibility index (Phi) is 2.90. The highest BCUT2D eigenvalue weighted by Crippen LogP contribution is 2.21. The summed E-state index contributed by atoms with van der Waals surface area (Å²) in [6.45, 7) is 4.22. The van der Waals surface area contributed by atoms with E-state index in [-0.39, 0.29) is 5.97 Å². The number of aromatic amines is 1. The first-order valence-corrected chi connectivity index (χ1v) is 5.34. The van der Waals surface area contributed by atoms with Gasteiger partial charge in [0.1, 0.15) is 0 Å². The van der Waals surface area contributed by atoms with Crippen LogP contribution in [-0.4, -0.2) is 22.8 Å². The smallest absolute Gasteiger partial charge is 0.359 e. The van der Waals surface area contributed by atoms with Gasteiger partial charge in [-0.3, -0.25) is 5.10 Å². The van der Waals surface area contributed by atoms with Gasteiger partial charge in [0.25, 0.3) is 0 Å². The van der Waals surface area contributed by atoms with Crippen molar-refractivity contribution in [1.82, 2.24) is 10.2 Å². The fourth-order valence-electron chi connectivity index (χ4n) is 1.58. The normalized spacial score (nSPS) is 18.0. The van der Waals surface area contributed by atoms with Gasteiger partial charge in [-0.25, -0.2) is 4.79 Å². The number of hydrogen-bond donors (Lipinski definition) is 1. The number of H-pyrrole nitrogens is 1. The second-order valence-electron chi connectivity index (χ2n) is 3.70. The maximum absolute atomic E-state index is 11.6. The van der Waals surface area contributed by atoms with E-state index in [1.807, 2.05) is 18.2 Å². The molecule has 1 unspecified atom stereocenters. The molecule has 1 aliphatic carbocycles. The first-order valence-electron chi connectivity index (χ1n) is 5.34. The lowest BCUT2D eigenvalue weighted by Crippen LogP contribution is -2.06. The summed E-state index contributed by atoms with van der Waals surface area (Å²) in [5.41, 5.74) is 2.01. The summed E-state index contributed by atoms with van der Waals surface area (Å²) in [4.78, 5) is 11.6. The number of aromatic nitrogens is 2. The number of fused-ring (bicyclic) bond motifs is 1. The highest BCUT2D eigenvalue weighted by atomic mass is 16.5. The van der Waals surface area contributed by atoms with E-state index < -0.39 is 0 Å². The summed E-state index contributed by atoms with van der Waals surface area (Å²) in [7, 11) is 0. The zero-order valence-corrected chi connectivity index (χ0v) is 9.36. The van der Waals surface area contributed by atoms with Crippen LogP contribution in [0, 0.1) is 5.92 Å². The maximum Gasteiger partial charge on any atom is 0.359 e. The molecule has 0 aromatic carbocycles. The fourth-order valence-corrected chi connectivity index (χ4v) is 1.58. The quantitative estimate of drug-likeness (QED) is 0.775. The Balaban J connectivity index is 2.38. The first kappa shape index (κ1) is 10.7. The van der Waals surface area contributed by atoms with E-state index in [0.29, 0.717) is 18.2 Å². The molecule has 1 aliphatic rings. The monoisotopic (exact) mass is 218 g/mol. The lowest BCUT2D eigenvalue weighted by atomic mass is 10.1. The van der Waals surface area contributed by atoms with Gasteiger partial charge in [0.2, 0.25) is 0 Å². The minimum absolute atomic E-state index is 0.354. The molecule has 1 N–H and O–H groups in total. The van der Waals surface area contributed by atoms with E-state index in [1.54, 1.807) is 6.92 Å². The summed E-state index contributed by atoms with van der Waals surface area (Å²) < 4.78 is 4.94. The summed E-state index contributed by atoms with van der Waals surface area (Å²) in [5.74, 6) is -0.0246. The van der Waals surface area contributed by atoms with Crippen LogP contribution in [0.5, 0.6) is 0 Å². The molecular formula is C12H14N2O2. The van der Waals surface area contributed by atoms with Crippen LogP contribution in [0.4, 0.5) is 0 Å².